The summed E-state index contributed by atoms with van der Waals surface area (Å²) in [7, 11) is 1.98. The molecule has 0 aliphatic heterocycles. The van der Waals surface area contributed by atoms with Crippen LogP contribution in [0.15, 0.2) is 27.7 Å². The number of benzene rings is 1. The molecular formula is C18H25Cl2N5O. The second-order valence-electron chi connectivity index (χ2n) is 6.29. The molecule has 0 radical (unpaired) electrons. The van der Waals surface area contributed by atoms with E-state index in [2.05, 4.69) is 20.4 Å². The summed E-state index contributed by atoms with van der Waals surface area (Å²) in [6, 6.07) is 5.63. The number of nitrogens with one attached hydrogen (secondary N) is 1. The predicted octanol–water partition coefficient (Wildman–Crippen LogP) is 4.14. The lowest BCUT2D eigenvalue weighted by Crippen LogP contribution is -2.38. The number of guanidine groups is 1. The summed E-state index contributed by atoms with van der Waals surface area (Å²) in [5.74, 6) is 2.40. The molecule has 1 heterocycles. The molecule has 0 fully saturated rings. The van der Waals surface area contributed by atoms with Gasteiger partial charge in [-0.3, -0.25) is 4.99 Å². The molecule has 0 saturated heterocycles. The number of halogens is 2. The predicted molar refractivity (Wildman–Crippen MR) is 106 cm³/mol. The lowest BCUT2D eigenvalue weighted by molar-refractivity contribution is 0.372. The molecule has 0 aliphatic rings. The van der Waals surface area contributed by atoms with E-state index in [0.29, 0.717) is 35.4 Å². The lowest BCUT2D eigenvalue weighted by Gasteiger charge is -2.22. The Labute approximate surface area is 164 Å². The number of nitrogens with zero attached hydrogens (tertiary/aromatic N) is 4. The third kappa shape index (κ3) is 5.88. The second-order valence-corrected chi connectivity index (χ2v) is 7.11. The summed E-state index contributed by atoms with van der Waals surface area (Å²) in [4.78, 5) is 11.1. The first-order valence-corrected chi connectivity index (χ1v) is 9.42. The van der Waals surface area contributed by atoms with Crippen molar-refractivity contribution in [3.05, 3.63) is 45.5 Å². The Kier molecular flexibility index (Phi) is 7.72. The highest BCUT2D eigenvalue weighted by atomic mass is 35.5. The molecule has 0 spiro atoms. The summed E-state index contributed by atoms with van der Waals surface area (Å²) in [6.07, 6.45) is 0.606. The van der Waals surface area contributed by atoms with Crippen LogP contribution in [0.25, 0.3) is 0 Å². The van der Waals surface area contributed by atoms with E-state index in [-0.39, 0.29) is 5.92 Å². The Morgan fingerprint density at radius 1 is 1.31 bits per heavy atom. The van der Waals surface area contributed by atoms with E-state index in [1.54, 1.807) is 6.07 Å². The SMILES string of the molecule is CCNC(=NCCc1nc(C(C)C)no1)N(C)Cc1ccc(Cl)c(Cl)c1. The van der Waals surface area contributed by atoms with Crippen molar-refractivity contribution in [2.24, 2.45) is 4.99 Å². The summed E-state index contributed by atoms with van der Waals surface area (Å²) in [5.41, 5.74) is 1.06. The molecule has 0 bridgehead atoms. The molecule has 0 saturated carbocycles. The van der Waals surface area contributed by atoms with Crippen molar-refractivity contribution >= 4 is 29.2 Å². The summed E-state index contributed by atoms with van der Waals surface area (Å²) < 4.78 is 5.26. The van der Waals surface area contributed by atoms with Gasteiger partial charge in [0.25, 0.3) is 0 Å². The maximum atomic E-state index is 6.09. The minimum absolute atomic E-state index is 0.255. The van der Waals surface area contributed by atoms with Gasteiger partial charge >= 0.3 is 0 Å². The van der Waals surface area contributed by atoms with Gasteiger partial charge in [-0.25, -0.2) is 0 Å². The quantitative estimate of drug-likeness (QED) is 0.561. The molecule has 0 atom stereocenters. The van der Waals surface area contributed by atoms with Crippen LogP contribution in [0.2, 0.25) is 10.0 Å². The zero-order chi connectivity index (χ0) is 19.1. The monoisotopic (exact) mass is 397 g/mol. The fraction of sp³-hybridized carbons (Fsp3) is 0.500. The van der Waals surface area contributed by atoms with Gasteiger partial charge in [0.1, 0.15) is 0 Å². The Morgan fingerprint density at radius 2 is 2.08 bits per heavy atom. The lowest BCUT2D eigenvalue weighted by atomic mass is 10.2. The second kappa shape index (κ2) is 9.78. The largest absolute Gasteiger partial charge is 0.357 e. The minimum atomic E-state index is 0.255. The minimum Gasteiger partial charge on any atom is -0.357 e. The first-order valence-electron chi connectivity index (χ1n) is 8.66. The van der Waals surface area contributed by atoms with Crippen LogP contribution >= 0.6 is 23.2 Å². The zero-order valence-electron chi connectivity index (χ0n) is 15.6. The van der Waals surface area contributed by atoms with E-state index in [1.165, 1.54) is 0 Å². The molecule has 1 aromatic heterocycles. The van der Waals surface area contributed by atoms with E-state index < -0.39 is 0 Å². The molecule has 26 heavy (non-hydrogen) atoms. The third-order valence-corrected chi connectivity index (χ3v) is 4.43. The molecule has 0 amide bonds. The van der Waals surface area contributed by atoms with Crippen LogP contribution in [-0.4, -0.2) is 41.1 Å². The van der Waals surface area contributed by atoms with Crippen molar-refractivity contribution in [2.75, 3.05) is 20.1 Å². The average molecular weight is 398 g/mol. The average Bonchev–Trinajstić information content (AvgIpc) is 3.06. The van der Waals surface area contributed by atoms with Crippen LogP contribution < -0.4 is 5.32 Å². The summed E-state index contributed by atoms with van der Waals surface area (Å²) >= 11 is 12.1. The zero-order valence-corrected chi connectivity index (χ0v) is 17.1. The standard InChI is InChI=1S/C18H25Cl2N5O/c1-5-21-18(22-9-8-16-23-17(12(2)3)24-26-16)25(4)11-13-6-7-14(19)15(20)10-13/h6-7,10,12H,5,8-9,11H2,1-4H3,(H,21,22). The van der Waals surface area contributed by atoms with Gasteiger partial charge in [-0.15, -0.1) is 0 Å². The smallest absolute Gasteiger partial charge is 0.228 e. The van der Waals surface area contributed by atoms with Crippen LogP contribution in [0.3, 0.4) is 0 Å². The van der Waals surface area contributed by atoms with Gasteiger partial charge in [0, 0.05) is 32.5 Å². The van der Waals surface area contributed by atoms with E-state index in [1.807, 2.05) is 44.9 Å². The number of rotatable bonds is 7. The first-order chi connectivity index (χ1) is 12.4. The molecule has 142 valence electrons. The van der Waals surface area contributed by atoms with Crippen molar-refractivity contribution < 1.29 is 4.52 Å². The van der Waals surface area contributed by atoms with Crippen molar-refractivity contribution in [3.8, 4) is 0 Å². The van der Waals surface area contributed by atoms with E-state index in [0.717, 1.165) is 23.9 Å². The van der Waals surface area contributed by atoms with Gasteiger partial charge in [0.15, 0.2) is 11.8 Å². The van der Waals surface area contributed by atoms with Crippen LogP contribution in [0, 0.1) is 0 Å². The molecule has 8 heteroatoms. The highest BCUT2D eigenvalue weighted by Gasteiger charge is 2.11. The van der Waals surface area contributed by atoms with Crippen LogP contribution in [-0.2, 0) is 13.0 Å². The van der Waals surface area contributed by atoms with Gasteiger partial charge in [0.05, 0.1) is 16.6 Å². The summed E-state index contributed by atoms with van der Waals surface area (Å²) in [6.45, 7) is 8.12. The van der Waals surface area contributed by atoms with E-state index >= 15 is 0 Å². The van der Waals surface area contributed by atoms with Crippen LogP contribution in [0.1, 0.15) is 44.0 Å². The number of aromatic nitrogens is 2. The fourth-order valence-corrected chi connectivity index (χ4v) is 2.64. The van der Waals surface area contributed by atoms with E-state index in [9.17, 15) is 0 Å². The van der Waals surface area contributed by atoms with Crippen molar-refractivity contribution in [2.45, 2.75) is 39.7 Å². The Balaban J connectivity index is 1.98. The highest BCUT2D eigenvalue weighted by molar-refractivity contribution is 6.42. The topological polar surface area (TPSA) is 66.5 Å². The van der Waals surface area contributed by atoms with Crippen molar-refractivity contribution in [1.82, 2.24) is 20.4 Å². The molecule has 1 N–H and O–H groups in total. The van der Waals surface area contributed by atoms with Gasteiger partial charge in [-0.2, -0.15) is 4.98 Å². The number of hydrogen-bond donors (Lipinski definition) is 1. The molecule has 2 rings (SSSR count). The molecule has 1 aromatic carbocycles. The highest BCUT2D eigenvalue weighted by Crippen LogP contribution is 2.23. The van der Waals surface area contributed by atoms with Gasteiger partial charge in [0.2, 0.25) is 5.89 Å². The maximum absolute atomic E-state index is 6.09. The molecule has 2 aromatic rings. The Bertz CT molecular complexity index is 745. The van der Waals surface area contributed by atoms with Crippen molar-refractivity contribution in [3.63, 3.8) is 0 Å². The molecule has 0 aliphatic carbocycles. The van der Waals surface area contributed by atoms with E-state index in [4.69, 9.17) is 27.7 Å². The molecule has 0 unspecified atom stereocenters. The van der Waals surface area contributed by atoms with Crippen LogP contribution in [0.4, 0.5) is 0 Å². The normalized spacial score (nSPS) is 11.9. The number of aliphatic imine (C=N–C) groups is 1. The Morgan fingerprint density at radius 3 is 2.69 bits per heavy atom. The van der Waals surface area contributed by atoms with Crippen molar-refractivity contribution in [1.29, 1.82) is 0 Å². The van der Waals surface area contributed by atoms with Gasteiger partial charge in [-0.1, -0.05) is 48.3 Å². The molecular weight excluding hydrogens is 373 g/mol. The fourth-order valence-electron chi connectivity index (χ4n) is 2.32. The number of hydrogen-bond acceptors (Lipinski definition) is 4. The summed E-state index contributed by atoms with van der Waals surface area (Å²) in [5, 5.41) is 8.37. The Hall–Kier alpha value is -1.79. The van der Waals surface area contributed by atoms with Gasteiger partial charge in [-0.05, 0) is 24.6 Å². The first kappa shape index (κ1) is 20.5. The maximum Gasteiger partial charge on any atom is 0.228 e. The molecule has 6 nitrogen and oxygen atoms in total. The van der Waals surface area contributed by atoms with Gasteiger partial charge < -0.3 is 14.7 Å². The van der Waals surface area contributed by atoms with Crippen LogP contribution in [0.5, 0.6) is 0 Å². The third-order valence-electron chi connectivity index (χ3n) is 3.69.